The Labute approximate surface area is 62.1 Å². The molecule has 0 aliphatic carbocycles. The Balaban J connectivity index is 0. The molecule has 1 N–H and O–H groups in total. The fourth-order valence-corrected chi connectivity index (χ4v) is 0. The topological polar surface area (TPSA) is 37.3 Å². The molecule has 0 aromatic rings. The van der Waals surface area contributed by atoms with E-state index in [9.17, 15) is 4.79 Å². The minimum atomic E-state index is -0.981. The average molecular weight is 199 g/mol. The molecule has 0 atom stereocenters. The Kier molecular flexibility index (Phi) is 14.4. The summed E-state index contributed by atoms with van der Waals surface area (Å²) in [5.74, 6) is -0.981. The van der Waals surface area contributed by atoms with Crippen LogP contribution in [-0.4, -0.2) is 11.1 Å². The molecule has 0 saturated carbocycles. The van der Waals surface area contributed by atoms with Crippen LogP contribution in [0.15, 0.2) is 12.7 Å². The van der Waals surface area contributed by atoms with E-state index in [-0.39, 0.29) is 13.1 Å². The van der Waals surface area contributed by atoms with Gasteiger partial charge in [-0.05, 0) is 0 Å². The number of halogens is 2. The molecule has 0 heterocycles. The third-order valence-electron chi connectivity index (χ3n) is 0.175. The number of carbonyl (C=O) groups is 1. The zero-order valence-corrected chi connectivity index (χ0v) is 6.37. The van der Waals surface area contributed by atoms with E-state index in [1.807, 2.05) is 0 Å². The van der Waals surface area contributed by atoms with Crippen LogP contribution in [0.4, 0.5) is 0 Å². The fourth-order valence-electron chi connectivity index (χ4n) is 0. The second kappa shape index (κ2) is 10.3. The molecule has 0 bridgehead atoms. The van der Waals surface area contributed by atoms with Gasteiger partial charge in [-0.2, -0.15) is 0 Å². The molecular weight excluding hydrogens is 195 g/mol. The molecule has 5 heteroatoms. The van der Waals surface area contributed by atoms with E-state index in [4.69, 9.17) is 25.3 Å². The molecule has 50 valence electrons. The molecular formula is C3H4Cl2FeO2. The molecule has 0 rings (SSSR count). The molecule has 8 heavy (non-hydrogen) atoms. The van der Waals surface area contributed by atoms with E-state index in [0.717, 1.165) is 6.08 Å². The first-order valence-electron chi connectivity index (χ1n) is 1.39. The number of carboxylic acid groups (broad SMARTS) is 1. The van der Waals surface area contributed by atoms with Gasteiger partial charge in [-0.25, -0.2) is 4.79 Å². The number of hydrogen-bond donors (Lipinski definition) is 1. The van der Waals surface area contributed by atoms with Gasteiger partial charge in [-0.1, -0.05) is 6.58 Å². The van der Waals surface area contributed by atoms with Crippen molar-refractivity contribution in [3.63, 3.8) is 0 Å². The first-order chi connectivity index (χ1) is 3.68. The van der Waals surface area contributed by atoms with Gasteiger partial charge in [-0.15, -0.1) is 0 Å². The Hall–Kier alpha value is 0.309. The van der Waals surface area contributed by atoms with E-state index in [1.54, 1.807) is 0 Å². The monoisotopic (exact) mass is 198 g/mol. The summed E-state index contributed by atoms with van der Waals surface area (Å²) >= 11 is 0.194. The summed E-state index contributed by atoms with van der Waals surface area (Å²) in [7, 11) is 9.53. The van der Waals surface area contributed by atoms with Gasteiger partial charge in [0.1, 0.15) is 0 Å². The van der Waals surface area contributed by atoms with Crippen molar-refractivity contribution >= 4 is 26.2 Å². The Bertz CT molecular complexity index is 75.7. The summed E-state index contributed by atoms with van der Waals surface area (Å²) in [5, 5.41) is 7.60. The van der Waals surface area contributed by atoms with Crippen molar-refractivity contribution in [1.29, 1.82) is 0 Å². The van der Waals surface area contributed by atoms with Crippen molar-refractivity contribution in [2.24, 2.45) is 0 Å². The van der Waals surface area contributed by atoms with Crippen LogP contribution in [0.25, 0.3) is 0 Å². The minimum absolute atomic E-state index is 0.194. The zero-order valence-electron chi connectivity index (χ0n) is 3.75. The molecule has 0 spiro atoms. The Morgan fingerprint density at radius 3 is 1.88 bits per heavy atom. The van der Waals surface area contributed by atoms with Gasteiger partial charge >= 0.3 is 39.3 Å². The normalized spacial score (nSPS) is 6.75. The van der Waals surface area contributed by atoms with Gasteiger partial charge in [-0.3, -0.25) is 0 Å². The fraction of sp³-hybridized carbons (Fsp3) is 0. The molecule has 2 nitrogen and oxygen atoms in total. The van der Waals surface area contributed by atoms with Crippen LogP contribution in [-0.2, 0) is 17.9 Å². The first-order valence-corrected chi connectivity index (χ1v) is 4.43. The van der Waals surface area contributed by atoms with E-state index in [0.29, 0.717) is 0 Å². The van der Waals surface area contributed by atoms with Gasteiger partial charge in [0.05, 0.1) is 0 Å². The van der Waals surface area contributed by atoms with Crippen molar-refractivity contribution in [3.8, 4) is 0 Å². The van der Waals surface area contributed by atoms with Crippen molar-refractivity contribution in [2.75, 3.05) is 0 Å². The van der Waals surface area contributed by atoms with Crippen LogP contribution in [0.5, 0.6) is 0 Å². The second-order valence-corrected chi connectivity index (χ2v) is 2.42. The molecule has 0 fully saturated rings. The maximum atomic E-state index is 9.25. The molecule has 0 amide bonds. The van der Waals surface area contributed by atoms with Crippen LogP contribution >= 0.6 is 20.2 Å². The number of rotatable bonds is 1. The van der Waals surface area contributed by atoms with Gasteiger partial charge < -0.3 is 5.11 Å². The molecule has 0 unspecified atom stereocenters. The summed E-state index contributed by atoms with van der Waals surface area (Å²) in [6.07, 6.45) is 0.833. The number of carboxylic acids is 1. The van der Waals surface area contributed by atoms with Gasteiger partial charge in [0, 0.05) is 6.08 Å². The van der Waals surface area contributed by atoms with Gasteiger partial charge in [0.2, 0.25) is 0 Å². The van der Waals surface area contributed by atoms with E-state index >= 15 is 0 Å². The van der Waals surface area contributed by atoms with Gasteiger partial charge in [0.15, 0.2) is 0 Å². The van der Waals surface area contributed by atoms with Crippen molar-refractivity contribution in [1.82, 2.24) is 0 Å². The van der Waals surface area contributed by atoms with Crippen LogP contribution in [0.2, 0.25) is 0 Å². The zero-order chi connectivity index (χ0) is 6.99. The van der Waals surface area contributed by atoms with Crippen LogP contribution in [0.1, 0.15) is 0 Å². The average Bonchev–Trinajstić information content (AvgIpc) is 1.69. The quantitative estimate of drug-likeness (QED) is 0.514. The van der Waals surface area contributed by atoms with Gasteiger partial charge in [0.25, 0.3) is 0 Å². The SMILES string of the molecule is C=CC(=O)O.[Cl][Fe][Cl]. The summed E-state index contributed by atoms with van der Waals surface area (Å²) in [6.45, 7) is 2.96. The molecule has 0 aromatic carbocycles. The number of aliphatic carboxylic acids is 1. The third-order valence-corrected chi connectivity index (χ3v) is 0.175. The second-order valence-electron chi connectivity index (χ2n) is 0.593. The standard InChI is InChI=1S/C3H4O2.2ClH.Fe/c1-2-3(4)5;;;/h2H,1H2,(H,4,5);2*1H;/q;;;+2/p-2. The first kappa shape index (κ1) is 11.2. The van der Waals surface area contributed by atoms with Crippen molar-refractivity contribution in [2.45, 2.75) is 0 Å². The predicted molar refractivity (Wildman–Crippen MR) is 29.5 cm³/mol. The Morgan fingerprint density at radius 1 is 1.75 bits per heavy atom. The predicted octanol–water partition coefficient (Wildman–Crippen LogP) is 1.63. The van der Waals surface area contributed by atoms with E-state index < -0.39 is 5.97 Å². The molecule has 0 aliphatic heterocycles. The Morgan fingerprint density at radius 2 is 1.88 bits per heavy atom. The molecule has 0 aromatic heterocycles. The van der Waals surface area contributed by atoms with Crippen LogP contribution < -0.4 is 0 Å². The summed E-state index contributed by atoms with van der Waals surface area (Å²) in [5.41, 5.74) is 0. The summed E-state index contributed by atoms with van der Waals surface area (Å²) in [6, 6.07) is 0. The number of hydrogen-bond acceptors (Lipinski definition) is 1. The van der Waals surface area contributed by atoms with E-state index in [1.165, 1.54) is 0 Å². The summed E-state index contributed by atoms with van der Waals surface area (Å²) < 4.78 is 0. The van der Waals surface area contributed by atoms with Crippen LogP contribution in [0, 0.1) is 0 Å². The van der Waals surface area contributed by atoms with Crippen molar-refractivity contribution in [3.05, 3.63) is 12.7 Å². The molecule has 0 aliphatic rings. The maximum absolute atomic E-state index is 9.25. The molecule has 0 radical (unpaired) electrons. The summed E-state index contributed by atoms with van der Waals surface area (Å²) in [4.78, 5) is 9.25. The van der Waals surface area contributed by atoms with Crippen LogP contribution in [0.3, 0.4) is 0 Å². The molecule has 0 saturated heterocycles. The van der Waals surface area contributed by atoms with E-state index in [2.05, 4.69) is 6.58 Å². The third kappa shape index (κ3) is 33.3. The van der Waals surface area contributed by atoms with Crippen molar-refractivity contribution < 1.29 is 23.0 Å².